The van der Waals surface area contributed by atoms with Crippen LogP contribution in [0.4, 0.5) is 0 Å². The van der Waals surface area contributed by atoms with Crippen LogP contribution in [0.25, 0.3) is 22.3 Å². The zero-order valence-corrected chi connectivity index (χ0v) is 13.1. The third kappa shape index (κ3) is 2.50. The van der Waals surface area contributed by atoms with E-state index in [1.807, 2.05) is 41.1 Å². The Kier molecular flexibility index (Phi) is 3.45. The second-order valence-corrected chi connectivity index (χ2v) is 5.72. The number of hydrogen-bond donors (Lipinski definition) is 1. The maximum Gasteiger partial charge on any atom is 0.259 e. The van der Waals surface area contributed by atoms with Crippen molar-refractivity contribution < 1.29 is 0 Å². The lowest BCUT2D eigenvalue weighted by atomic mass is 10.1. The Morgan fingerprint density at radius 1 is 1.29 bits per heavy atom. The van der Waals surface area contributed by atoms with Crippen LogP contribution in [0.5, 0.6) is 0 Å². The van der Waals surface area contributed by atoms with E-state index in [4.69, 9.17) is 0 Å². The number of nitrogens with zero attached hydrogens (tertiary/aromatic N) is 5. The van der Waals surface area contributed by atoms with Gasteiger partial charge in [0, 0.05) is 17.9 Å². The quantitative estimate of drug-likeness (QED) is 0.625. The number of para-hydroxylation sites is 1. The molecule has 0 saturated carbocycles. The number of benzene rings is 1. The highest BCUT2D eigenvalue weighted by molar-refractivity contribution is 5.82. The van der Waals surface area contributed by atoms with Gasteiger partial charge in [-0.1, -0.05) is 18.2 Å². The monoisotopic (exact) mass is 320 g/mol. The first-order valence-corrected chi connectivity index (χ1v) is 7.70. The summed E-state index contributed by atoms with van der Waals surface area (Å²) in [5.74, 6) is 0.648. The van der Waals surface area contributed by atoms with Crippen LogP contribution in [-0.4, -0.2) is 29.3 Å². The van der Waals surface area contributed by atoms with Crippen LogP contribution in [0.2, 0.25) is 0 Å². The second-order valence-electron chi connectivity index (χ2n) is 5.72. The van der Waals surface area contributed by atoms with E-state index in [0.29, 0.717) is 17.9 Å². The van der Waals surface area contributed by atoms with Gasteiger partial charge in [-0.05, 0) is 24.4 Å². The molecule has 0 unspecified atom stereocenters. The molecule has 1 atom stereocenters. The third-order valence-corrected chi connectivity index (χ3v) is 4.06. The normalized spacial score (nSPS) is 12.5. The third-order valence-electron chi connectivity index (χ3n) is 4.06. The fourth-order valence-corrected chi connectivity index (χ4v) is 2.88. The Morgan fingerprint density at radius 3 is 3.00 bits per heavy atom. The smallest absolute Gasteiger partial charge is 0.259 e. The summed E-state index contributed by atoms with van der Waals surface area (Å²) in [4.78, 5) is 23.8. The van der Waals surface area contributed by atoms with E-state index in [0.717, 1.165) is 10.9 Å². The lowest BCUT2D eigenvalue weighted by Gasteiger charge is -2.16. The first-order valence-electron chi connectivity index (χ1n) is 7.70. The van der Waals surface area contributed by atoms with Crippen LogP contribution >= 0.6 is 0 Å². The van der Waals surface area contributed by atoms with Gasteiger partial charge in [-0.3, -0.25) is 9.48 Å². The lowest BCUT2D eigenvalue weighted by Crippen LogP contribution is -2.17. The zero-order valence-electron chi connectivity index (χ0n) is 13.1. The minimum Gasteiger partial charge on any atom is -0.326 e. The van der Waals surface area contributed by atoms with E-state index in [-0.39, 0.29) is 11.6 Å². The van der Waals surface area contributed by atoms with Gasteiger partial charge in [-0.15, -0.1) is 0 Å². The molecule has 0 amide bonds. The van der Waals surface area contributed by atoms with Gasteiger partial charge < -0.3 is 9.55 Å². The molecule has 4 aromatic rings. The van der Waals surface area contributed by atoms with Crippen molar-refractivity contribution in [3.63, 3.8) is 0 Å². The van der Waals surface area contributed by atoms with Gasteiger partial charge in [0.2, 0.25) is 0 Å². The van der Waals surface area contributed by atoms with Crippen molar-refractivity contribution in [2.45, 2.75) is 19.5 Å². The summed E-state index contributed by atoms with van der Waals surface area (Å²) in [6.45, 7) is 2.71. The highest BCUT2D eigenvalue weighted by atomic mass is 16.1. The minimum absolute atomic E-state index is 0.0788. The predicted molar refractivity (Wildman–Crippen MR) is 90.5 cm³/mol. The van der Waals surface area contributed by atoms with Gasteiger partial charge in [0.25, 0.3) is 5.56 Å². The van der Waals surface area contributed by atoms with E-state index in [1.54, 1.807) is 17.2 Å². The topological polar surface area (TPSA) is 81.4 Å². The molecule has 0 radical (unpaired) electrons. The van der Waals surface area contributed by atoms with Gasteiger partial charge in [0.15, 0.2) is 0 Å². The number of fused-ring (bicyclic) bond motifs is 1. The molecule has 1 N–H and O–H groups in total. The van der Waals surface area contributed by atoms with E-state index >= 15 is 0 Å². The molecule has 0 aliphatic heterocycles. The van der Waals surface area contributed by atoms with Crippen molar-refractivity contribution in [1.82, 2.24) is 29.3 Å². The maximum atomic E-state index is 12.5. The lowest BCUT2D eigenvalue weighted by molar-refractivity contribution is 0.439. The van der Waals surface area contributed by atoms with E-state index in [1.165, 1.54) is 6.33 Å². The molecule has 0 aliphatic rings. The van der Waals surface area contributed by atoms with Crippen LogP contribution < -0.4 is 5.56 Å². The highest BCUT2D eigenvalue weighted by Crippen LogP contribution is 2.21. The molecule has 7 heteroatoms. The standard InChI is InChI=1S/C17H16N6O/c1-12(9-22-11-18-10-20-22)23-7-6-19-16(23)14-8-13-4-2-3-5-15(13)21-17(14)24/h2-8,10-12H,9H2,1H3,(H,21,24)/t12-/m1/s1. The van der Waals surface area contributed by atoms with Gasteiger partial charge in [-0.25, -0.2) is 9.97 Å². The number of imidazole rings is 1. The average Bonchev–Trinajstić information content (AvgIpc) is 3.25. The molecule has 24 heavy (non-hydrogen) atoms. The largest absolute Gasteiger partial charge is 0.326 e. The maximum absolute atomic E-state index is 12.5. The van der Waals surface area contributed by atoms with Crippen molar-refractivity contribution in [1.29, 1.82) is 0 Å². The molecule has 4 rings (SSSR count). The van der Waals surface area contributed by atoms with Gasteiger partial charge in [0.1, 0.15) is 18.5 Å². The Labute approximate surface area is 137 Å². The predicted octanol–water partition coefficient (Wildman–Crippen LogP) is 2.24. The summed E-state index contributed by atoms with van der Waals surface area (Å²) >= 11 is 0. The molecule has 0 spiro atoms. The van der Waals surface area contributed by atoms with Crippen molar-refractivity contribution in [2.24, 2.45) is 0 Å². The zero-order chi connectivity index (χ0) is 16.5. The minimum atomic E-state index is -0.144. The Hall–Kier alpha value is -3.22. The van der Waals surface area contributed by atoms with E-state index in [9.17, 15) is 4.79 Å². The summed E-state index contributed by atoms with van der Waals surface area (Å²) in [6, 6.07) is 9.68. The highest BCUT2D eigenvalue weighted by Gasteiger charge is 2.15. The Balaban J connectivity index is 1.77. The molecule has 0 bridgehead atoms. The fraction of sp³-hybridized carbons (Fsp3) is 0.176. The average molecular weight is 320 g/mol. The fourth-order valence-electron chi connectivity index (χ4n) is 2.88. The van der Waals surface area contributed by atoms with Crippen molar-refractivity contribution in [3.8, 4) is 11.4 Å². The molecule has 0 fully saturated rings. The molecule has 3 heterocycles. The Morgan fingerprint density at radius 2 is 2.17 bits per heavy atom. The molecule has 0 saturated heterocycles. The van der Waals surface area contributed by atoms with Crippen LogP contribution in [-0.2, 0) is 6.54 Å². The molecule has 0 aliphatic carbocycles. The summed E-state index contributed by atoms with van der Waals surface area (Å²) in [6.07, 6.45) is 6.78. The summed E-state index contributed by atoms with van der Waals surface area (Å²) in [5.41, 5.74) is 1.23. The van der Waals surface area contributed by atoms with E-state index < -0.39 is 0 Å². The van der Waals surface area contributed by atoms with E-state index in [2.05, 4.69) is 27.0 Å². The molecule has 1 aromatic carbocycles. The summed E-state index contributed by atoms with van der Waals surface area (Å²) in [5, 5.41) is 5.11. The summed E-state index contributed by atoms with van der Waals surface area (Å²) < 4.78 is 3.75. The first kappa shape index (κ1) is 14.4. The molecule has 7 nitrogen and oxygen atoms in total. The van der Waals surface area contributed by atoms with Crippen LogP contribution in [0.3, 0.4) is 0 Å². The van der Waals surface area contributed by atoms with Crippen molar-refractivity contribution in [2.75, 3.05) is 0 Å². The Bertz CT molecular complexity index is 1030. The second kappa shape index (κ2) is 5.77. The number of H-pyrrole nitrogens is 1. The SMILES string of the molecule is C[C@H](Cn1cncn1)n1ccnc1-c1cc2ccccc2[nH]c1=O. The van der Waals surface area contributed by atoms with Crippen molar-refractivity contribution >= 4 is 10.9 Å². The molecule has 120 valence electrons. The van der Waals surface area contributed by atoms with Gasteiger partial charge >= 0.3 is 0 Å². The van der Waals surface area contributed by atoms with Gasteiger partial charge in [0.05, 0.1) is 18.2 Å². The molecular formula is C17H16N6O. The van der Waals surface area contributed by atoms with Crippen molar-refractivity contribution in [3.05, 3.63) is 65.7 Å². The number of nitrogens with one attached hydrogen (secondary N) is 1. The van der Waals surface area contributed by atoms with Crippen LogP contribution in [0.15, 0.2) is 60.2 Å². The molecule has 3 aromatic heterocycles. The first-order chi connectivity index (χ1) is 11.7. The van der Waals surface area contributed by atoms with Gasteiger partial charge in [-0.2, -0.15) is 5.10 Å². The number of rotatable bonds is 4. The summed E-state index contributed by atoms with van der Waals surface area (Å²) in [7, 11) is 0. The number of hydrogen-bond acceptors (Lipinski definition) is 4. The number of aromatic nitrogens is 6. The molecular weight excluding hydrogens is 304 g/mol. The number of aromatic amines is 1. The van der Waals surface area contributed by atoms with Crippen LogP contribution in [0.1, 0.15) is 13.0 Å². The number of pyridine rings is 1. The van der Waals surface area contributed by atoms with Crippen LogP contribution in [0, 0.1) is 0 Å².